The zero-order valence-corrected chi connectivity index (χ0v) is 18.1. The number of methoxy groups -OCH3 is 1. The number of ether oxygens (including phenoxy) is 1. The van der Waals surface area contributed by atoms with Crippen LogP contribution in [-0.4, -0.2) is 57.8 Å². The summed E-state index contributed by atoms with van der Waals surface area (Å²) in [5, 5.41) is 18.6. The predicted molar refractivity (Wildman–Crippen MR) is 114 cm³/mol. The molecule has 0 saturated carbocycles. The van der Waals surface area contributed by atoms with Crippen molar-refractivity contribution in [3.05, 3.63) is 35.6 Å². The van der Waals surface area contributed by atoms with Gasteiger partial charge in [-0.2, -0.15) is 10.2 Å². The second kappa shape index (κ2) is 8.76. The summed E-state index contributed by atoms with van der Waals surface area (Å²) in [5.41, 5.74) is 0.471. The van der Waals surface area contributed by atoms with Crippen LogP contribution in [0.1, 0.15) is 39.2 Å². The highest BCUT2D eigenvalue weighted by atomic mass is 19.1. The Bertz CT molecular complexity index is 1010. The van der Waals surface area contributed by atoms with Gasteiger partial charge in [-0.05, 0) is 45.7 Å². The maximum absolute atomic E-state index is 14.1. The van der Waals surface area contributed by atoms with Crippen molar-refractivity contribution in [2.24, 2.45) is 0 Å². The molecule has 1 saturated heterocycles. The van der Waals surface area contributed by atoms with Gasteiger partial charge in [-0.15, -0.1) is 0 Å². The summed E-state index contributed by atoms with van der Waals surface area (Å²) in [5.74, 6) is 0.167. The first-order valence-corrected chi connectivity index (χ1v) is 10.0. The summed E-state index contributed by atoms with van der Waals surface area (Å²) in [6.45, 7) is 6.84. The van der Waals surface area contributed by atoms with Crippen LogP contribution >= 0.6 is 0 Å². The molecule has 164 valence electrons. The summed E-state index contributed by atoms with van der Waals surface area (Å²) in [4.78, 5) is 24.3. The molecule has 0 atom stereocenters. The summed E-state index contributed by atoms with van der Waals surface area (Å²) in [6.07, 6.45) is 0.365. The lowest BCUT2D eigenvalue weighted by Gasteiger charge is -2.43. The SMILES string of the molecule is COc1cc(-c2ccc(C#N)c(F)c2)nc(N2CCC(N(C(=O)O)C(C)(C)C)CC2)n1. The van der Waals surface area contributed by atoms with Gasteiger partial charge in [0.2, 0.25) is 11.8 Å². The van der Waals surface area contributed by atoms with E-state index < -0.39 is 17.4 Å². The van der Waals surface area contributed by atoms with Crippen LogP contribution in [0.3, 0.4) is 0 Å². The number of carboxylic acid groups (broad SMARTS) is 1. The van der Waals surface area contributed by atoms with E-state index in [-0.39, 0.29) is 11.6 Å². The van der Waals surface area contributed by atoms with E-state index in [1.165, 1.54) is 24.1 Å². The molecule has 1 aromatic carbocycles. The normalized spacial score (nSPS) is 14.8. The maximum atomic E-state index is 14.1. The van der Waals surface area contributed by atoms with E-state index in [1.54, 1.807) is 18.2 Å². The van der Waals surface area contributed by atoms with Crippen LogP contribution in [0, 0.1) is 17.1 Å². The molecule has 0 aliphatic carbocycles. The van der Waals surface area contributed by atoms with Crippen LogP contribution in [0.25, 0.3) is 11.3 Å². The molecule has 3 rings (SSSR count). The van der Waals surface area contributed by atoms with Gasteiger partial charge in [-0.1, -0.05) is 6.07 Å². The van der Waals surface area contributed by atoms with E-state index in [0.29, 0.717) is 49.0 Å². The highest BCUT2D eigenvalue weighted by molar-refractivity contribution is 5.66. The molecule has 1 aromatic heterocycles. The molecule has 1 fully saturated rings. The van der Waals surface area contributed by atoms with E-state index in [0.717, 1.165) is 0 Å². The first kappa shape index (κ1) is 22.3. The molecule has 1 N–H and O–H groups in total. The van der Waals surface area contributed by atoms with Gasteiger partial charge in [0, 0.05) is 36.3 Å². The maximum Gasteiger partial charge on any atom is 0.407 e. The smallest absolute Gasteiger partial charge is 0.407 e. The number of rotatable bonds is 4. The second-order valence-corrected chi connectivity index (χ2v) is 8.44. The third-order valence-electron chi connectivity index (χ3n) is 5.33. The third-order valence-corrected chi connectivity index (χ3v) is 5.33. The van der Waals surface area contributed by atoms with Crippen molar-refractivity contribution < 1.29 is 19.0 Å². The average Bonchev–Trinajstić information content (AvgIpc) is 2.72. The van der Waals surface area contributed by atoms with Gasteiger partial charge in [0.05, 0.1) is 18.4 Å². The van der Waals surface area contributed by atoms with E-state index in [9.17, 15) is 14.3 Å². The van der Waals surface area contributed by atoms with Crippen LogP contribution in [0.15, 0.2) is 24.3 Å². The Hall–Kier alpha value is -3.41. The number of nitrogens with zero attached hydrogens (tertiary/aromatic N) is 5. The molecule has 0 spiro atoms. The zero-order valence-electron chi connectivity index (χ0n) is 18.1. The molecular weight excluding hydrogens is 401 g/mol. The fourth-order valence-corrected chi connectivity index (χ4v) is 3.89. The van der Waals surface area contributed by atoms with Gasteiger partial charge in [-0.3, -0.25) is 0 Å². The number of aromatic nitrogens is 2. The Morgan fingerprint density at radius 3 is 2.48 bits per heavy atom. The summed E-state index contributed by atoms with van der Waals surface area (Å²) < 4.78 is 19.4. The van der Waals surface area contributed by atoms with Gasteiger partial charge in [0.1, 0.15) is 11.9 Å². The number of piperidine rings is 1. The number of hydrogen-bond acceptors (Lipinski definition) is 6. The zero-order chi connectivity index (χ0) is 22.8. The van der Waals surface area contributed by atoms with Crippen molar-refractivity contribution in [2.75, 3.05) is 25.1 Å². The lowest BCUT2D eigenvalue weighted by molar-refractivity contribution is 0.0615. The van der Waals surface area contributed by atoms with Crippen molar-refractivity contribution in [3.63, 3.8) is 0 Å². The minimum atomic E-state index is -0.922. The summed E-state index contributed by atoms with van der Waals surface area (Å²) in [6, 6.07) is 7.64. The number of carbonyl (C=O) groups is 1. The molecule has 9 heteroatoms. The average molecular weight is 427 g/mol. The van der Waals surface area contributed by atoms with Crippen molar-refractivity contribution >= 4 is 12.0 Å². The molecule has 0 bridgehead atoms. The van der Waals surface area contributed by atoms with Crippen LogP contribution in [0.2, 0.25) is 0 Å². The number of halogens is 1. The van der Waals surface area contributed by atoms with E-state index in [1.807, 2.05) is 25.7 Å². The molecular formula is C22H26FN5O3. The largest absolute Gasteiger partial charge is 0.481 e. The van der Waals surface area contributed by atoms with Crippen molar-refractivity contribution in [1.82, 2.24) is 14.9 Å². The fourth-order valence-electron chi connectivity index (χ4n) is 3.89. The molecule has 2 aromatic rings. The summed E-state index contributed by atoms with van der Waals surface area (Å²) in [7, 11) is 1.50. The molecule has 1 aliphatic rings. The minimum Gasteiger partial charge on any atom is -0.481 e. The third kappa shape index (κ3) is 4.85. The Kier molecular flexibility index (Phi) is 6.29. The molecule has 1 aliphatic heterocycles. The summed E-state index contributed by atoms with van der Waals surface area (Å²) >= 11 is 0. The van der Waals surface area contributed by atoms with Crippen LogP contribution in [-0.2, 0) is 0 Å². The first-order chi connectivity index (χ1) is 14.6. The molecule has 8 nitrogen and oxygen atoms in total. The molecule has 0 unspecified atom stereocenters. The number of nitriles is 1. The van der Waals surface area contributed by atoms with Gasteiger partial charge >= 0.3 is 6.09 Å². The van der Waals surface area contributed by atoms with Gasteiger partial charge < -0.3 is 19.6 Å². The van der Waals surface area contributed by atoms with Gasteiger partial charge in [0.15, 0.2) is 0 Å². The van der Waals surface area contributed by atoms with E-state index in [4.69, 9.17) is 10.00 Å². The van der Waals surface area contributed by atoms with Crippen molar-refractivity contribution in [2.45, 2.75) is 45.2 Å². The van der Waals surface area contributed by atoms with Crippen LogP contribution in [0.4, 0.5) is 15.1 Å². The highest BCUT2D eigenvalue weighted by Crippen LogP contribution is 2.29. The van der Waals surface area contributed by atoms with E-state index >= 15 is 0 Å². The van der Waals surface area contributed by atoms with Crippen molar-refractivity contribution in [3.8, 4) is 23.2 Å². The monoisotopic (exact) mass is 427 g/mol. The standard InChI is InChI=1S/C22H26FN5O3/c1-22(2,3)28(21(29)30)16-7-9-27(10-8-16)20-25-18(12-19(26-20)31-4)14-5-6-15(13-24)17(23)11-14/h5-6,11-12,16H,7-10H2,1-4H3,(H,29,30). The minimum absolute atomic E-state index is 0.0334. The Balaban J connectivity index is 1.84. The van der Waals surface area contributed by atoms with Crippen LogP contribution in [0.5, 0.6) is 5.88 Å². The quantitative estimate of drug-likeness (QED) is 0.789. The predicted octanol–water partition coefficient (Wildman–Crippen LogP) is 3.91. The van der Waals surface area contributed by atoms with Gasteiger partial charge in [0.25, 0.3) is 0 Å². The fraction of sp³-hybridized carbons (Fsp3) is 0.455. The molecule has 2 heterocycles. The van der Waals surface area contributed by atoms with Crippen LogP contribution < -0.4 is 9.64 Å². The van der Waals surface area contributed by atoms with E-state index in [2.05, 4.69) is 9.97 Å². The number of hydrogen-bond donors (Lipinski definition) is 1. The number of benzene rings is 1. The first-order valence-electron chi connectivity index (χ1n) is 10.0. The second-order valence-electron chi connectivity index (χ2n) is 8.44. The Morgan fingerprint density at radius 2 is 1.97 bits per heavy atom. The molecule has 1 amide bonds. The topological polar surface area (TPSA) is 103 Å². The Morgan fingerprint density at radius 1 is 1.29 bits per heavy atom. The lowest BCUT2D eigenvalue weighted by atomic mass is 9.97. The number of amides is 1. The number of anilines is 1. The Labute approximate surface area is 180 Å². The molecule has 31 heavy (non-hydrogen) atoms. The molecule has 0 radical (unpaired) electrons. The van der Waals surface area contributed by atoms with Crippen molar-refractivity contribution in [1.29, 1.82) is 5.26 Å². The highest BCUT2D eigenvalue weighted by Gasteiger charge is 2.35. The van der Waals surface area contributed by atoms with Gasteiger partial charge in [-0.25, -0.2) is 14.2 Å². The lowest BCUT2D eigenvalue weighted by Crippen LogP contribution is -2.54.